The van der Waals surface area contributed by atoms with Gasteiger partial charge in [0.1, 0.15) is 6.17 Å². The molecule has 39 heavy (non-hydrogen) atoms. The van der Waals surface area contributed by atoms with E-state index in [-0.39, 0.29) is 6.17 Å². The monoisotopic (exact) mass is 507 g/mol. The Morgan fingerprint density at radius 2 is 1.13 bits per heavy atom. The Bertz CT molecular complexity index is 1580. The molecule has 0 unspecified atom stereocenters. The average molecular weight is 508 g/mol. The summed E-state index contributed by atoms with van der Waals surface area (Å²) in [7, 11) is 0. The minimum atomic E-state index is 0.0730. The van der Waals surface area contributed by atoms with Crippen molar-refractivity contribution in [1.29, 1.82) is 0 Å². The summed E-state index contributed by atoms with van der Waals surface area (Å²) in [4.78, 5) is 9.66. The van der Waals surface area contributed by atoms with Crippen molar-refractivity contribution in [1.82, 2.24) is 4.98 Å². The van der Waals surface area contributed by atoms with Gasteiger partial charge in [-0.15, -0.1) is 0 Å². The predicted octanol–water partition coefficient (Wildman–Crippen LogP) is 9.15. The fourth-order valence-electron chi connectivity index (χ4n) is 5.77. The van der Waals surface area contributed by atoms with Gasteiger partial charge in [-0.1, -0.05) is 97.1 Å². The molecule has 3 heteroatoms. The second-order valence-electron chi connectivity index (χ2n) is 10.3. The van der Waals surface area contributed by atoms with Gasteiger partial charge in [0.15, 0.2) is 0 Å². The van der Waals surface area contributed by atoms with Crippen molar-refractivity contribution in [2.45, 2.75) is 33.9 Å². The first-order valence-electron chi connectivity index (χ1n) is 13.5. The lowest BCUT2D eigenvalue weighted by atomic mass is 9.95. The van der Waals surface area contributed by atoms with Crippen LogP contribution in [0.25, 0.3) is 33.5 Å². The van der Waals surface area contributed by atoms with Gasteiger partial charge in [-0.25, -0.2) is 0 Å². The summed E-state index contributed by atoms with van der Waals surface area (Å²) in [5.41, 5.74) is 13.1. The molecular formula is C36H33N3. The number of benzene rings is 4. The van der Waals surface area contributed by atoms with Crippen LogP contribution in [0.5, 0.6) is 0 Å². The molecule has 1 aliphatic rings. The maximum atomic E-state index is 4.94. The van der Waals surface area contributed by atoms with E-state index in [2.05, 4.69) is 153 Å². The van der Waals surface area contributed by atoms with Crippen molar-refractivity contribution in [2.75, 3.05) is 9.80 Å². The van der Waals surface area contributed by atoms with E-state index in [0.29, 0.717) is 0 Å². The van der Waals surface area contributed by atoms with Gasteiger partial charge in [-0.3, -0.25) is 4.98 Å². The van der Waals surface area contributed by atoms with Gasteiger partial charge >= 0.3 is 0 Å². The maximum absolute atomic E-state index is 4.94. The second kappa shape index (κ2) is 10.3. The quantitative estimate of drug-likeness (QED) is 0.236. The Balaban J connectivity index is 1.41. The van der Waals surface area contributed by atoms with Crippen molar-refractivity contribution in [2.24, 2.45) is 0 Å². The Kier molecular flexibility index (Phi) is 6.50. The fraction of sp³-hybridized carbons (Fsp3) is 0.139. The molecule has 0 N–H and O–H groups in total. The zero-order valence-electron chi connectivity index (χ0n) is 23.0. The summed E-state index contributed by atoms with van der Waals surface area (Å²) >= 11 is 0. The molecule has 192 valence electrons. The lowest BCUT2D eigenvalue weighted by molar-refractivity contribution is 0.748. The number of pyridine rings is 1. The summed E-state index contributed by atoms with van der Waals surface area (Å²) in [5, 5.41) is 0. The topological polar surface area (TPSA) is 19.4 Å². The van der Waals surface area contributed by atoms with Crippen LogP contribution in [0.1, 0.15) is 23.6 Å². The van der Waals surface area contributed by atoms with E-state index in [1.807, 2.05) is 6.20 Å². The van der Waals surface area contributed by atoms with E-state index < -0.39 is 0 Å². The van der Waals surface area contributed by atoms with Crippen LogP contribution in [0.2, 0.25) is 0 Å². The third-order valence-corrected chi connectivity index (χ3v) is 7.76. The third kappa shape index (κ3) is 4.51. The highest BCUT2D eigenvalue weighted by atomic mass is 15.4. The number of para-hydroxylation sites is 1. The minimum Gasteiger partial charge on any atom is -0.324 e. The highest BCUT2D eigenvalue weighted by Crippen LogP contribution is 2.43. The number of hydrogen-bond donors (Lipinski definition) is 0. The van der Waals surface area contributed by atoms with Gasteiger partial charge in [0.2, 0.25) is 0 Å². The van der Waals surface area contributed by atoms with Gasteiger partial charge in [-0.05, 0) is 61.6 Å². The molecule has 6 rings (SSSR count). The highest BCUT2D eigenvalue weighted by molar-refractivity contribution is 5.92. The normalized spacial score (nSPS) is 14.7. The van der Waals surface area contributed by atoms with E-state index >= 15 is 0 Å². The van der Waals surface area contributed by atoms with E-state index in [9.17, 15) is 0 Å². The zero-order valence-corrected chi connectivity index (χ0v) is 23.0. The van der Waals surface area contributed by atoms with Crippen molar-refractivity contribution in [3.8, 4) is 33.5 Å². The molecule has 0 saturated carbocycles. The molecule has 1 aromatic heterocycles. The van der Waals surface area contributed by atoms with E-state index in [0.717, 1.165) is 11.4 Å². The van der Waals surface area contributed by atoms with E-state index in [4.69, 9.17) is 4.98 Å². The summed E-state index contributed by atoms with van der Waals surface area (Å²) in [5.74, 6) is 0. The molecule has 0 bridgehead atoms. The Labute approximate surface area is 231 Å². The molecule has 1 aliphatic heterocycles. The summed E-state index contributed by atoms with van der Waals surface area (Å²) in [6.45, 7) is 8.76. The Morgan fingerprint density at radius 3 is 1.69 bits per heavy atom. The highest BCUT2D eigenvalue weighted by Gasteiger charge is 2.29. The molecule has 0 radical (unpaired) electrons. The molecule has 0 fully saturated rings. The SMILES string of the molecule is Cc1cc(-c2c(C)cccc2C)ncc1N1C=CN(c2c(-c3ccccc3)cccc2-c2ccccc2)[C@H]1C. The van der Waals surface area contributed by atoms with Crippen LogP contribution in [0.15, 0.2) is 122 Å². The summed E-state index contributed by atoms with van der Waals surface area (Å²) in [6.07, 6.45) is 6.49. The number of rotatable bonds is 5. The third-order valence-electron chi connectivity index (χ3n) is 7.76. The second-order valence-corrected chi connectivity index (χ2v) is 10.3. The number of nitrogens with zero attached hydrogens (tertiary/aromatic N) is 3. The van der Waals surface area contributed by atoms with Gasteiger partial charge < -0.3 is 9.80 Å². The first-order chi connectivity index (χ1) is 19.0. The zero-order chi connectivity index (χ0) is 26.9. The van der Waals surface area contributed by atoms with Gasteiger partial charge in [-0.2, -0.15) is 0 Å². The summed E-state index contributed by atoms with van der Waals surface area (Å²) < 4.78 is 0. The number of aryl methyl sites for hydroxylation is 3. The van der Waals surface area contributed by atoms with Gasteiger partial charge in [0, 0.05) is 29.1 Å². The molecule has 2 heterocycles. The van der Waals surface area contributed by atoms with Crippen molar-refractivity contribution in [3.05, 3.63) is 138 Å². The van der Waals surface area contributed by atoms with Crippen LogP contribution < -0.4 is 9.80 Å². The van der Waals surface area contributed by atoms with Crippen molar-refractivity contribution < 1.29 is 0 Å². The molecule has 0 aliphatic carbocycles. The number of hydrogen-bond acceptors (Lipinski definition) is 3. The van der Waals surface area contributed by atoms with E-state index in [1.54, 1.807) is 0 Å². The fourth-order valence-corrected chi connectivity index (χ4v) is 5.77. The standard InChI is InChI=1S/C36H33N3/c1-25-13-11-14-26(2)35(25)33-23-27(3)34(24-37-33)38-21-22-39(28(38)4)36-31(29-15-7-5-8-16-29)19-12-20-32(36)30-17-9-6-10-18-30/h5-24,28H,1-4H3/t28-/m0/s1. The maximum Gasteiger partial charge on any atom is 0.107 e. The molecule has 0 spiro atoms. The van der Waals surface area contributed by atoms with E-state index in [1.165, 1.54) is 50.2 Å². The molecule has 5 aromatic rings. The van der Waals surface area contributed by atoms with Crippen molar-refractivity contribution >= 4 is 11.4 Å². The lowest BCUT2D eigenvalue weighted by Gasteiger charge is -2.33. The Hall–Kier alpha value is -4.63. The average Bonchev–Trinajstić information content (AvgIpc) is 3.34. The molecule has 4 aromatic carbocycles. The minimum absolute atomic E-state index is 0.0730. The first kappa shape index (κ1) is 24.7. The van der Waals surface area contributed by atoms with Crippen LogP contribution in [-0.2, 0) is 0 Å². The van der Waals surface area contributed by atoms with Crippen molar-refractivity contribution in [3.63, 3.8) is 0 Å². The van der Waals surface area contributed by atoms with Gasteiger partial charge in [0.05, 0.1) is 23.3 Å². The smallest absolute Gasteiger partial charge is 0.107 e. The first-order valence-corrected chi connectivity index (χ1v) is 13.5. The predicted molar refractivity (Wildman–Crippen MR) is 165 cm³/mol. The van der Waals surface area contributed by atoms with Crippen LogP contribution in [0.4, 0.5) is 11.4 Å². The molecular weight excluding hydrogens is 474 g/mol. The van der Waals surface area contributed by atoms with Gasteiger partial charge in [0.25, 0.3) is 0 Å². The molecule has 3 nitrogen and oxygen atoms in total. The Morgan fingerprint density at radius 1 is 0.590 bits per heavy atom. The molecule has 0 amide bonds. The number of aromatic nitrogens is 1. The number of anilines is 2. The van der Waals surface area contributed by atoms with Crippen LogP contribution in [-0.4, -0.2) is 11.1 Å². The summed E-state index contributed by atoms with van der Waals surface area (Å²) in [6, 6.07) is 36.6. The van der Waals surface area contributed by atoms with Crippen LogP contribution in [0.3, 0.4) is 0 Å². The van der Waals surface area contributed by atoms with Crippen LogP contribution in [0, 0.1) is 20.8 Å². The molecule has 1 atom stereocenters. The molecule has 0 saturated heterocycles. The largest absolute Gasteiger partial charge is 0.324 e. The van der Waals surface area contributed by atoms with Crippen LogP contribution >= 0.6 is 0 Å². The lowest BCUT2D eigenvalue weighted by Crippen LogP contribution is -2.36.